The maximum absolute atomic E-state index is 6.40. The van der Waals surface area contributed by atoms with Gasteiger partial charge >= 0.3 is 0 Å². The third-order valence-corrected chi connectivity index (χ3v) is 5.86. The number of hydrogen-bond acceptors (Lipinski definition) is 1. The van der Waals surface area contributed by atoms with Crippen molar-refractivity contribution in [3.05, 3.63) is 42.3 Å². The lowest BCUT2D eigenvalue weighted by Gasteiger charge is -2.25. The molecule has 118 valence electrons. The molecule has 1 aromatic rings. The summed E-state index contributed by atoms with van der Waals surface area (Å²) in [5.41, 5.74) is 1.42. The van der Waals surface area contributed by atoms with Gasteiger partial charge in [0.05, 0.1) is 26.6 Å². The first-order valence-electron chi connectivity index (χ1n) is 8.19. The molecule has 0 saturated heterocycles. The zero-order valence-corrected chi connectivity index (χ0v) is 16.8. The minimum Gasteiger partial charge on any atom is -0.410 e. The minimum absolute atomic E-state index is 0.397. The van der Waals surface area contributed by atoms with Gasteiger partial charge in [-0.25, -0.2) is 0 Å². The summed E-state index contributed by atoms with van der Waals surface area (Å²) >= 11 is 0. The molecule has 1 atom stereocenters. The molecule has 0 heterocycles. The van der Waals surface area contributed by atoms with Gasteiger partial charge in [-0.15, -0.1) is 0 Å². The monoisotopic (exact) mass is 321 g/mol. The summed E-state index contributed by atoms with van der Waals surface area (Å²) < 4.78 is 6.40. The normalized spacial score (nSPS) is 14.0. The van der Waals surface area contributed by atoms with Crippen molar-refractivity contribution in [3.8, 4) is 0 Å². The molecule has 0 spiro atoms. The van der Waals surface area contributed by atoms with Crippen molar-refractivity contribution in [2.24, 2.45) is 0 Å². The molecular formula is C18H33OSi2+. The highest BCUT2D eigenvalue weighted by Gasteiger charge is 2.25. The minimum atomic E-state index is -1.46. The second kappa shape index (κ2) is 8.20. The number of hydrogen-bond donors (Lipinski definition) is 0. The highest BCUT2D eigenvalue weighted by molar-refractivity contribution is 6.76. The van der Waals surface area contributed by atoms with Crippen molar-refractivity contribution in [3.63, 3.8) is 0 Å². The molecular weight excluding hydrogens is 288 g/mol. The summed E-state index contributed by atoms with van der Waals surface area (Å²) in [6.45, 7) is 14.2. The van der Waals surface area contributed by atoms with E-state index in [9.17, 15) is 0 Å². The summed E-state index contributed by atoms with van der Waals surface area (Å²) in [7, 11) is -2.43. The molecule has 21 heavy (non-hydrogen) atoms. The third kappa shape index (κ3) is 9.94. The quantitative estimate of drug-likeness (QED) is 0.414. The van der Waals surface area contributed by atoms with E-state index in [1.54, 1.807) is 0 Å². The Bertz CT molecular complexity index is 390. The first-order chi connectivity index (χ1) is 9.66. The molecule has 1 nitrogen and oxygen atoms in total. The van der Waals surface area contributed by atoms with E-state index < -0.39 is 16.4 Å². The van der Waals surface area contributed by atoms with Crippen LogP contribution in [0.25, 0.3) is 0 Å². The summed E-state index contributed by atoms with van der Waals surface area (Å²) in [4.78, 5) is 0. The fourth-order valence-corrected chi connectivity index (χ4v) is 4.65. The van der Waals surface area contributed by atoms with Crippen LogP contribution in [0.15, 0.2) is 30.3 Å². The number of benzene rings is 1. The predicted molar refractivity (Wildman–Crippen MR) is 100 cm³/mol. The SMILES string of the molecule is C[Si](C)(C)C[CH+]CC(CCc1ccccc1)O[Si](C)(C)C. The van der Waals surface area contributed by atoms with E-state index in [2.05, 4.69) is 76.0 Å². The lowest BCUT2D eigenvalue weighted by Crippen LogP contribution is -2.33. The van der Waals surface area contributed by atoms with E-state index in [-0.39, 0.29) is 0 Å². The van der Waals surface area contributed by atoms with Gasteiger partial charge in [-0.1, -0.05) is 50.0 Å². The standard InChI is InChI=1S/C18H33OSi2/c1-20(2,3)16-10-13-18(19-21(4,5)6)15-14-17-11-8-7-9-12-17/h7-12,18H,13-16H2,1-6H3/q+1. The molecule has 0 aromatic heterocycles. The highest BCUT2D eigenvalue weighted by atomic mass is 28.4. The van der Waals surface area contributed by atoms with Gasteiger partial charge in [-0.3, -0.25) is 0 Å². The van der Waals surface area contributed by atoms with E-state index in [1.807, 2.05) is 0 Å². The van der Waals surface area contributed by atoms with Crippen molar-refractivity contribution in [1.29, 1.82) is 0 Å². The Kier molecular flexibility index (Phi) is 7.24. The van der Waals surface area contributed by atoms with Gasteiger partial charge in [0.2, 0.25) is 0 Å². The summed E-state index contributed by atoms with van der Waals surface area (Å²) in [6.07, 6.45) is 6.25. The molecule has 0 aliphatic heterocycles. The smallest absolute Gasteiger partial charge is 0.184 e. The average Bonchev–Trinajstić information content (AvgIpc) is 2.34. The van der Waals surface area contributed by atoms with Gasteiger partial charge in [0, 0.05) is 0 Å². The van der Waals surface area contributed by atoms with Gasteiger partial charge in [0.25, 0.3) is 0 Å². The van der Waals surface area contributed by atoms with E-state index >= 15 is 0 Å². The lowest BCUT2D eigenvalue weighted by atomic mass is 10.0. The summed E-state index contributed by atoms with van der Waals surface area (Å²) in [5, 5.41) is 0. The van der Waals surface area contributed by atoms with Crippen molar-refractivity contribution in [2.45, 2.75) is 70.7 Å². The topological polar surface area (TPSA) is 9.23 Å². The van der Waals surface area contributed by atoms with Crippen LogP contribution in [0.4, 0.5) is 0 Å². The van der Waals surface area contributed by atoms with Crippen LogP contribution in [0.2, 0.25) is 45.3 Å². The van der Waals surface area contributed by atoms with Crippen molar-refractivity contribution >= 4 is 16.4 Å². The largest absolute Gasteiger partial charge is 0.410 e. The molecule has 0 saturated carbocycles. The fourth-order valence-electron chi connectivity index (χ4n) is 2.40. The van der Waals surface area contributed by atoms with Crippen LogP contribution in [0, 0.1) is 6.42 Å². The van der Waals surface area contributed by atoms with E-state index in [1.165, 1.54) is 11.6 Å². The van der Waals surface area contributed by atoms with E-state index in [0.29, 0.717) is 6.10 Å². The molecule has 1 rings (SSSR count). The second-order valence-corrected chi connectivity index (χ2v) is 18.2. The molecule has 0 fully saturated rings. The average molecular weight is 322 g/mol. The van der Waals surface area contributed by atoms with Gasteiger partial charge in [0.15, 0.2) is 8.32 Å². The van der Waals surface area contributed by atoms with Gasteiger partial charge in [-0.2, -0.15) is 0 Å². The molecule has 3 heteroatoms. The van der Waals surface area contributed by atoms with Crippen molar-refractivity contribution in [2.75, 3.05) is 0 Å². The Morgan fingerprint density at radius 1 is 1.00 bits per heavy atom. The first kappa shape index (κ1) is 18.5. The third-order valence-electron chi connectivity index (χ3n) is 3.30. The van der Waals surface area contributed by atoms with Crippen LogP contribution < -0.4 is 0 Å². The van der Waals surface area contributed by atoms with Gasteiger partial charge < -0.3 is 4.43 Å². The Hall–Kier alpha value is -0.516. The van der Waals surface area contributed by atoms with E-state index in [0.717, 1.165) is 19.3 Å². The number of rotatable bonds is 9. The molecule has 0 bridgehead atoms. The Labute approximate surface area is 134 Å². The summed E-state index contributed by atoms with van der Waals surface area (Å²) in [5.74, 6) is 0. The van der Waals surface area contributed by atoms with Crippen molar-refractivity contribution < 1.29 is 4.43 Å². The maximum atomic E-state index is 6.40. The van der Waals surface area contributed by atoms with Gasteiger partial charge in [-0.05, 0) is 38.0 Å². The van der Waals surface area contributed by atoms with Crippen LogP contribution in [-0.2, 0) is 10.8 Å². The van der Waals surface area contributed by atoms with Crippen LogP contribution in [0.1, 0.15) is 18.4 Å². The van der Waals surface area contributed by atoms with Crippen LogP contribution in [0.3, 0.4) is 0 Å². The maximum Gasteiger partial charge on any atom is 0.184 e. The summed E-state index contributed by atoms with van der Waals surface area (Å²) in [6, 6.07) is 12.1. The van der Waals surface area contributed by atoms with E-state index in [4.69, 9.17) is 4.43 Å². The van der Waals surface area contributed by atoms with Crippen LogP contribution >= 0.6 is 0 Å². The molecule has 0 N–H and O–H groups in total. The zero-order valence-electron chi connectivity index (χ0n) is 14.8. The van der Waals surface area contributed by atoms with Gasteiger partial charge in [0.1, 0.15) is 6.42 Å². The number of aryl methyl sites for hydroxylation is 1. The second-order valence-electron chi connectivity index (χ2n) is 8.17. The van der Waals surface area contributed by atoms with Crippen LogP contribution in [-0.4, -0.2) is 22.5 Å². The molecule has 1 aromatic carbocycles. The molecule has 0 amide bonds. The molecule has 0 aliphatic rings. The Morgan fingerprint density at radius 2 is 1.62 bits per heavy atom. The molecule has 0 radical (unpaired) electrons. The highest BCUT2D eigenvalue weighted by Crippen LogP contribution is 2.20. The molecule has 0 aliphatic carbocycles. The fraction of sp³-hybridized carbons (Fsp3) is 0.611. The zero-order chi connectivity index (χ0) is 15.9. The Balaban J connectivity index is 2.48. The van der Waals surface area contributed by atoms with Crippen molar-refractivity contribution in [1.82, 2.24) is 0 Å². The van der Waals surface area contributed by atoms with Crippen LogP contribution in [0.5, 0.6) is 0 Å². The Morgan fingerprint density at radius 3 is 2.14 bits per heavy atom. The first-order valence-corrected chi connectivity index (χ1v) is 15.3. The molecule has 1 unspecified atom stereocenters. The lowest BCUT2D eigenvalue weighted by molar-refractivity contribution is 0.183. The predicted octanol–water partition coefficient (Wildman–Crippen LogP) is 5.77.